The smallest absolute Gasteiger partial charge is 0.122 e. The fraction of sp³-hybridized carbons (Fsp3) is 0.667. The molecular weight excluding hydrogens is 188 g/mol. The molecule has 0 atom stereocenters. The van der Waals surface area contributed by atoms with Crippen molar-refractivity contribution in [1.29, 1.82) is 0 Å². The average molecular weight is 210 g/mol. The third-order valence-electron chi connectivity index (χ3n) is 2.51. The molecule has 0 saturated heterocycles. The SMILES string of the molecule is CCCCN(C)Cc1ccoc1CNC. The first-order chi connectivity index (χ1) is 7.27. The van der Waals surface area contributed by atoms with Crippen LogP contribution in [-0.4, -0.2) is 25.5 Å². The van der Waals surface area contributed by atoms with Gasteiger partial charge < -0.3 is 14.6 Å². The summed E-state index contributed by atoms with van der Waals surface area (Å²) in [6.07, 6.45) is 4.28. The predicted molar refractivity (Wildman–Crippen MR) is 62.7 cm³/mol. The number of furan rings is 1. The van der Waals surface area contributed by atoms with Gasteiger partial charge in [0.1, 0.15) is 5.76 Å². The summed E-state index contributed by atoms with van der Waals surface area (Å²) in [6.45, 7) is 5.16. The Morgan fingerprint density at radius 3 is 2.93 bits per heavy atom. The summed E-state index contributed by atoms with van der Waals surface area (Å²) in [5.74, 6) is 1.06. The zero-order valence-electron chi connectivity index (χ0n) is 10.0. The molecule has 0 aliphatic heterocycles. The van der Waals surface area contributed by atoms with Crippen molar-refractivity contribution in [2.24, 2.45) is 0 Å². The lowest BCUT2D eigenvalue weighted by molar-refractivity contribution is 0.317. The van der Waals surface area contributed by atoms with E-state index < -0.39 is 0 Å². The number of hydrogen-bond acceptors (Lipinski definition) is 3. The molecule has 1 rings (SSSR count). The first-order valence-corrected chi connectivity index (χ1v) is 5.66. The van der Waals surface area contributed by atoms with Gasteiger partial charge in [0.05, 0.1) is 12.8 Å². The van der Waals surface area contributed by atoms with Gasteiger partial charge in [-0.05, 0) is 33.1 Å². The third kappa shape index (κ3) is 4.06. The Morgan fingerprint density at radius 1 is 1.47 bits per heavy atom. The van der Waals surface area contributed by atoms with Crippen molar-refractivity contribution in [2.45, 2.75) is 32.9 Å². The monoisotopic (exact) mass is 210 g/mol. The highest BCUT2D eigenvalue weighted by Crippen LogP contribution is 2.12. The Morgan fingerprint density at radius 2 is 2.27 bits per heavy atom. The molecule has 1 aromatic heterocycles. The maximum absolute atomic E-state index is 5.42. The van der Waals surface area contributed by atoms with Crippen LogP contribution in [0, 0.1) is 0 Å². The van der Waals surface area contributed by atoms with Crippen molar-refractivity contribution in [3.8, 4) is 0 Å². The minimum atomic E-state index is 0.809. The van der Waals surface area contributed by atoms with Crippen LogP contribution in [0.5, 0.6) is 0 Å². The van der Waals surface area contributed by atoms with Crippen molar-refractivity contribution in [3.05, 3.63) is 23.7 Å². The van der Waals surface area contributed by atoms with Crippen LogP contribution < -0.4 is 5.32 Å². The fourth-order valence-corrected chi connectivity index (χ4v) is 1.62. The van der Waals surface area contributed by atoms with E-state index in [1.54, 1.807) is 6.26 Å². The van der Waals surface area contributed by atoms with Crippen LogP contribution in [0.15, 0.2) is 16.7 Å². The number of nitrogens with zero attached hydrogens (tertiary/aromatic N) is 1. The highest BCUT2D eigenvalue weighted by Gasteiger charge is 2.07. The lowest BCUT2D eigenvalue weighted by Crippen LogP contribution is -2.20. The largest absolute Gasteiger partial charge is 0.468 e. The molecule has 3 nitrogen and oxygen atoms in total. The first kappa shape index (κ1) is 12.3. The van der Waals surface area contributed by atoms with Gasteiger partial charge in [-0.25, -0.2) is 0 Å². The summed E-state index contributed by atoms with van der Waals surface area (Å²) in [6, 6.07) is 2.06. The van der Waals surface area contributed by atoms with Gasteiger partial charge in [-0.1, -0.05) is 13.3 Å². The molecule has 15 heavy (non-hydrogen) atoms. The highest BCUT2D eigenvalue weighted by atomic mass is 16.3. The lowest BCUT2D eigenvalue weighted by atomic mass is 10.2. The summed E-state index contributed by atoms with van der Waals surface area (Å²) >= 11 is 0. The Hall–Kier alpha value is -0.800. The zero-order chi connectivity index (χ0) is 11.1. The van der Waals surface area contributed by atoms with Gasteiger partial charge >= 0.3 is 0 Å². The van der Waals surface area contributed by atoms with E-state index in [1.165, 1.54) is 18.4 Å². The lowest BCUT2D eigenvalue weighted by Gasteiger charge is -2.15. The maximum Gasteiger partial charge on any atom is 0.122 e. The molecule has 1 N–H and O–H groups in total. The zero-order valence-corrected chi connectivity index (χ0v) is 10.0. The quantitative estimate of drug-likeness (QED) is 0.748. The van der Waals surface area contributed by atoms with Crippen molar-refractivity contribution in [1.82, 2.24) is 10.2 Å². The fourth-order valence-electron chi connectivity index (χ4n) is 1.62. The number of nitrogens with one attached hydrogen (secondary N) is 1. The van der Waals surface area contributed by atoms with Gasteiger partial charge in [0.2, 0.25) is 0 Å². The Balaban J connectivity index is 2.44. The molecule has 0 bridgehead atoms. The second kappa shape index (κ2) is 6.64. The Kier molecular flexibility index (Phi) is 5.43. The van der Waals surface area contributed by atoms with Crippen LogP contribution in [0.1, 0.15) is 31.1 Å². The molecule has 0 fully saturated rings. The van der Waals surface area contributed by atoms with Crippen LogP contribution in [0.3, 0.4) is 0 Å². The van der Waals surface area contributed by atoms with E-state index in [1.807, 2.05) is 7.05 Å². The molecule has 1 heterocycles. The summed E-state index contributed by atoms with van der Waals surface area (Å²) in [7, 11) is 4.10. The van der Waals surface area contributed by atoms with Crippen LogP contribution in [-0.2, 0) is 13.1 Å². The molecule has 0 aliphatic rings. The molecule has 0 radical (unpaired) electrons. The predicted octanol–water partition coefficient (Wildman–Crippen LogP) is 2.23. The first-order valence-electron chi connectivity index (χ1n) is 5.66. The molecule has 1 aromatic rings. The van der Waals surface area contributed by atoms with E-state index in [2.05, 4.69) is 30.3 Å². The van der Waals surface area contributed by atoms with Crippen molar-refractivity contribution in [2.75, 3.05) is 20.6 Å². The molecular formula is C12H22N2O. The van der Waals surface area contributed by atoms with E-state index in [4.69, 9.17) is 4.42 Å². The van der Waals surface area contributed by atoms with Crippen LogP contribution in [0.25, 0.3) is 0 Å². The maximum atomic E-state index is 5.42. The van der Waals surface area contributed by atoms with E-state index in [0.29, 0.717) is 0 Å². The second-order valence-corrected chi connectivity index (χ2v) is 3.99. The van der Waals surface area contributed by atoms with E-state index in [0.717, 1.165) is 25.4 Å². The number of unbranched alkanes of at least 4 members (excludes halogenated alkanes) is 1. The van der Waals surface area contributed by atoms with Crippen LogP contribution >= 0.6 is 0 Å². The summed E-state index contributed by atoms with van der Waals surface area (Å²) in [4.78, 5) is 2.34. The molecule has 0 unspecified atom stereocenters. The van der Waals surface area contributed by atoms with Gasteiger partial charge in [0.25, 0.3) is 0 Å². The molecule has 0 spiro atoms. The van der Waals surface area contributed by atoms with Gasteiger partial charge in [0.15, 0.2) is 0 Å². The molecule has 0 aromatic carbocycles. The van der Waals surface area contributed by atoms with E-state index in [-0.39, 0.29) is 0 Å². The molecule has 3 heteroatoms. The average Bonchev–Trinajstić information content (AvgIpc) is 2.63. The van der Waals surface area contributed by atoms with E-state index in [9.17, 15) is 0 Å². The Labute approximate surface area is 92.5 Å². The molecule has 0 aliphatic carbocycles. The van der Waals surface area contributed by atoms with Gasteiger partial charge in [-0.2, -0.15) is 0 Å². The number of hydrogen-bond donors (Lipinski definition) is 1. The summed E-state index contributed by atoms with van der Waals surface area (Å²) in [5.41, 5.74) is 1.29. The van der Waals surface area contributed by atoms with Crippen LogP contribution in [0.2, 0.25) is 0 Å². The van der Waals surface area contributed by atoms with Crippen LogP contribution in [0.4, 0.5) is 0 Å². The van der Waals surface area contributed by atoms with E-state index >= 15 is 0 Å². The third-order valence-corrected chi connectivity index (χ3v) is 2.51. The molecule has 86 valence electrons. The normalized spacial score (nSPS) is 11.2. The number of rotatable bonds is 7. The highest BCUT2D eigenvalue weighted by molar-refractivity contribution is 5.16. The summed E-state index contributed by atoms with van der Waals surface area (Å²) in [5, 5.41) is 3.11. The van der Waals surface area contributed by atoms with Gasteiger partial charge in [-0.15, -0.1) is 0 Å². The standard InChI is InChI=1S/C12H22N2O/c1-4-5-7-14(3)10-11-6-8-15-12(11)9-13-2/h6,8,13H,4-5,7,9-10H2,1-3H3. The molecule has 0 amide bonds. The minimum Gasteiger partial charge on any atom is -0.468 e. The second-order valence-electron chi connectivity index (χ2n) is 3.99. The van der Waals surface area contributed by atoms with Gasteiger partial charge in [0, 0.05) is 12.1 Å². The molecule has 0 saturated carbocycles. The summed E-state index contributed by atoms with van der Waals surface area (Å²) < 4.78 is 5.42. The van der Waals surface area contributed by atoms with Crippen molar-refractivity contribution >= 4 is 0 Å². The topological polar surface area (TPSA) is 28.4 Å². The minimum absolute atomic E-state index is 0.809. The van der Waals surface area contributed by atoms with Crippen molar-refractivity contribution < 1.29 is 4.42 Å². The Bertz CT molecular complexity index is 270. The van der Waals surface area contributed by atoms with Crippen molar-refractivity contribution in [3.63, 3.8) is 0 Å². The van der Waals surface area contributed by atoms with Gasteiger partial charge in [-0.3, -0.25) is 0 Å².